The number of rotatable bonds is 5. The Morgan fingerprint density at radius 3 is 2.16 bits per heavy atom. The summed E-state index contributed by atoms with van der Waals surface area (Å²) in [5, 5.41) is 8.97. The molecule has 5 N–H and O–H groups in total. The lowest BCUT2D eigenvalue weighted by Crippen LogP contribution is -2.52. The van der Waals surface area contributed by atoms with Gasteiger partial charge in [0.15, 0.2) is 0 Å². The van der Waals surface area contributed by atoms with Crippen LogP contribution in [0, 0.1) is 0 Å². The smallest absolute Gasteiger partial charge is 0.327 e. The summed E-state index contributed by atoms with van der Waals surface area (Å²) < 4.78 is 0. The molecule has 4 amide bonds. The lowest BCUT2D eigenvalue weighted by atomic mass is 10.3. The number of hydrogen-bond acceptors (Lipinski definition) is 5. The third kappa shape index (κ3) is 4.02. The average Bonchev–Trinajstić information content (AvgIpc) is 2.74. The fourth-order valence-electron chi connectivity index (χ4n) is 1.58. The summed E-state index contributed by atoms with van der Waals surface area (Å²) in [4.78, 5) is 46.7. The summed E-state index contributed by atoms with van der Waals surface area (Å²) in [6.07, 6.45) is 0. The zero-order valence-electron chi connectivity index (χ0n) is 9.94. The first-order valence-electron chi connectivity index (χ1n) is 5.25. The second-order valence-electron chi connectivity index (χ2n) is 3.89. The number of hydrogen-bond donors (Lipinski definition) is 3. The number of carboxylic acid groups (broad SMARTS) is 1. The van der Waals surface area contributed by atoms with E-state index < -0.39 is 42.9 Å². The van der Waals surface area contributed by atoms with E-state index in [0.717, 1.165) is 9.80 Å². The normalized spacial score (nSPS) is 18.1. The van der Waals surface area contributed by atoms with E-state index in [1.54, 1.807) is 0 Å². The molecule has 1 aliphatic heterocycles. The third-order valence-corrected chi connectivity index (χ3v) is 3.39. The van der Waals surface area contributed by atoms with Crippen LogP contribution in [0.5, 0.6) is 0 Å². The van der Waals surface area contributed by atoms with Gasteiger partial charge in [0.2, 0.25) is 11.8 Å². The van der Waals surface area contributed by atoms with Gasteiger partial charge in [0.05, 0.1) is 5.88 Å². The number of carbonyl (C=O) groups is 4. The Kier molecular flexibility index (Phi) is 4.98. The summed E-state index contributed by atoms with van der Waals surface area (Å²) in [6.45, 7) is -0.982. The predicted molar refractivity (Wildman–Crippen MR) is 65.9 cm³/mol. The van der Waals surface area contributed by atoms with Crippen molar-refractivity contribution in [2.45, 2.75) is 6.04 Å². The van der Waals surface area contributed by atoms with Crippen LogP contribution in [0.1, 0.15) is 0 Å². The maximum absolute atomic E-state index is 12.1. The predicted octanol–water partition coefficient (Wildman–Crippen LogP) is -2.16. The number of carbonyl (C=O) groups excluding carboxylic acids is 3. The second-order valence-corrected chi connectivity index (χ2v) is 4.89. The minimum Gasteiger partial charge on any atom is -0.480 e. The Morgan fingerprint density at radius 2 is 1.74 bits per heavy atom. The van der Waals surface area contributed by atoms with Gasteiger partial charge in [0.25, 0.3) is 0 Å². The van der Waals surface area contributed by atoms with Gasteiger partial charge in [-0.2, -0.15) is 0 Å². The van der Waals surface area contributed by atoms with Crippen molar-refractivity contribution in [2.24, 2.45) is 11.5 Å². The summed E-state index contributed by atoms with van der Waals surface area (Å²) >= 11 is 1.27. The van der Waals surface area contributed by atoms with Crippen molar-refractivity contribution >= 4 is 35.6 Å². The number of urea groups is 1. The van der Waals surface area contributed by atoms with Crippen LogP contribution < -0.4 is 11.5 Å². The van der Waals surface area contributed by atoms with E-state index in [-0.39, 0.29) is 11.6 Å². The van der Waals surface area contributed by atoms with Crippen LogP contribution in [-0.2, 0) is 14.4 Å². The molecule has 0 aromatic carbocycles. The summed E-state index contributed by atoms with van der Waals surface area (Å²) in [7, 11) is 0. The first kappa shape index (κ1) is 15.1. The highest BCUT2D eigenvalue weighted by molar-refractivity contribution is 7.99. The lowest BCUT2D eigenvalue weighted by Gasteiger charge is -2.28. The fraction of sp³-hybridized carbons (Fsp3) is 0.556. The third-order valence-electron chi connectivity index (χ3n) is 2.38. The van der Waals surface area contributed by atoms with E-state index >= 15 is 0 Å². The molecule has 1 unspecified atom stereocenters. The van der Waals surface area contributed by atoms with Crippen molar-refractivity contribution in [1.29, 1.82) is 0 Å². The van der Waals surface area contributed by atoms with E-state index in [4.69, 9.17) is 16.6 Å². The van der Waals surface area contributed by atoms with Crippen molar-refractivity contribution in [3.05, 3.63) is 0 Å². The van der Waals surface area contributed by atoms with Crippen molar-refractivity contribution in [1.82, 2.24) is 9.80 Å². The molecule has 10 heteroatoms. The van der Waals surface area contributed by atoms with Gasteiger partial charge in [0.1, 0.15) is 19.1 Å². The molecule has 106 valence electrons. The van der Waals surface area contributed by atoms with Crippen LogP contribution in [0.25, 0.3) is 0 Å². The van der Waals surface area contributed by atoms with Gasteiger partial charge in [-0.25, -0.2) is 9.59 Å². The van der Waals surface area contributed by atoms with Crippen LogP contribution in [0.15, 0.2) is 0 Å². The van der Waals surface area contributed by atoms with Crippen LogP contribution in [0.2, 0.25) is 0 Å². The Balaban J connectivity index is 2.82. The number of nitrogens with two attached hydrogens (primary N) is 2. The molecule has 0 saturated carbocycles. The number of thioether (sulfide) groups is 1. The molecule has 1 fully saturated rings. The molecule has 0 bridgehead atoms. The second kappa shape index (κ2) is 6.27. The van der Waals surface area contributed by atoms with Crippen molar-refractivity contribution < 1.29 is 24.3 Å². The van der Waals surface area contributed by atoms with Crippen LogP contribution in [-0.4, -0.2) is 69.5 Å². The van der Waals surface area contributed by atoms with Crippen molar-refractivity contribution in [3.63, 3.8) is 0 Å². The van der Waals surface area contributed by atoms with Gasteiger partial charge in [-0.15, -0.1) is 11.8 Å². The quantitative estimate of drug-likeness (QED) is 0.525. The Morgan fingerprint density at radius 1 is 1.21 bits per heavy atom. The average molecular weight is 290 g/mol. The SMILES string of the molecule is NC(=O)CN(CC(N)=O)C(=O)N1CSCC1C(=O)O. The van der Waals surface area contributed by atoms with Gasteiger partial charge in [-0.05, 0) is 0 Å². The van der Waals surface area contributed by atoms with Crippen LogP contribution >= 0.6 is 11.8 Å². The molecule has 0 aliphatic carbocycles. The molecule has 0 radical (unpaired) electrons. The zero-order chi connectivity index (χ0) is 14.6. The molecule has 0 aromatic heterocycles. The first-order chi connectivity index (χ1) is 8.82. The van der Waals surface area contributed by atoms with E-state index in [1.165, 1.54) is 11.8 Å². The minimum atomic E-state index is -1.14. The van der Waals surface area contributed by atoms with Crippen molar-refractivity contribution in [3.8, 4) is 0 Å². The summed E-state index contributed by atoms with van der Waals surface area (Å²) in [5.41, 5.74) is 9.95. The molecule has 1 saturated heterocycles. The highest BCUT2D eigenvalue weighted by Crippen LogP contribution is 2.22. The fourth-order valence-corrected chi connectivity index (χ4v) is 2.72. The molecular weight excluding hydrogens is 276 g/mol. The first-order valence-corrected chi connectivity index (χ1v) is 6.41. The summed E-state index contributed by atoms with van der Waals surface area (Å²) in [5.74, 6) is -2.34. The maximum Gasteiger partial charge on any atom is 0.327 e. The Labute approximate surface area is 112 Å². The molecule has 1 atom stereocenters. The molecule has 1 rings (SSSR count). The van der Waals surface area contributed by atoms with Crippen molar-refractivity contribution in [2.75, 3.05) is 24.7 Å². The number of aliphatic carboxylic acids is 1. The van der Waals surface area contributed by atoms with E-state index in [9.17, 15) is 19.2 Å². The highest BCUT2D eigenvalue weighted by atomic mass is 32.2. The van der Waals surface area contributed by atoms with Gasteiger partial charge >= 0.3 is 12.0 Å². The van der Waals surface area contributed by atoms with Gasteiger partial charge in [0, 0.05) is 5.75 Å². The largest absolute Gasteiger partial charge is 0.480 e. The molecule has 19 heavy (non-hydrogen) atoms. The van der Waals surface area contributed by atoms with Crippen LogP contribution in [0.4, 0.5) is 4.79 Å². The molecule has 0 aromatic rings. The van der Waals surface area contributed by atoms with Gasteiger partial charge < -0.3 is 26.4 Å². The van der Waals surface area contributed by atoms with Crippen LogP contribution in [0.3, 0.4) is 0 Å². The number of nitrogens with zero attached hydrogens (tertiary/aromatic N) is 2. The molecule has 1 aliphatic rings. The molecular formula is C9H14N4O5S. The molecule has 9 nitrogen and oxygen atoms in total. The topological polar surface area (TPSA) is 147 Å². The van der Waals surface area contributed by atoms with E-state index in [2.05, 4.69) is 0 Å². The zero-order valence-corrected chi connectivity index (χ0v) is 10.8. The minimum absolute atomic E-state index is 0.170. The Bertz CT molecular complexity index is 399. The Hall–Kier alpha value is -1.97. The van der Waals surface area contributed by atoms with E-state index in [0.29, 0.717) is 0 Å². The molecule has 1 heterocycles. The number of amides is 4. The summed E-state index contributed by atoms with van der Waals surface area (Å²) in [6, 6.07) is -1.73. The standard InChI is InChI=1S/C9H14N4O5S/c10-6(14)1-12(2-7(11)15)9(18)13-4-19-3-5(13)8(16)17/h5H,1-4H2,(H2,10,14)(H2,11,15)(H,16,17). The highest BCUT2D eigenvalue weighted by Gasteiger charge is 2.37. The van der Waals surface area contributed by atoms with Gasteiger partial charge in [-0.1, -0.05) is 0 Å². The lowest BCUT2D eigenvalue weighted by molar-refractivity contribution is -0.140. The van der Waals surface area contributed by atoms with E-state index in [1.807, 2.05) is 0 Å². The molecule has 0 spiro atoms. The number of carboxylic acids is 1. The monoisotopic (exact) mass is 290 g/mol. The van der Waals surface area contributed by atoms with Gasteiger partial charge in [-0.3, -0.25) is 9.59 Å². The maximum atomic E-state index is 12.1. The number of primary amides is 2.